The Morgan fingerprint density at radius 3 is 2.22 bits per heavy atom. The first-order valence-electron chi connectivity index (χ1n) is 7.51. The van der Waals surface area contributed by atoms with Crippen molar-refractivity contribution in [2.24, 2.45) is 7.05 Å². The van der Waals surface area contributed by atoms with Crippen LogP contribution >= 0.6 is 0 Å². The Balaban J connectivity index is 2.14. The Morgan fingerprint density at radius 2 is 1.70 bits per heavy atom. The molecule has 6 heteroatoms. The number of ether oxygens (including phenoxy) is 3. The Hall–Kier alpha value is -2.21. The van der Waals surface area contributed by atoms with Gasteiger partial charge in [0.1, 0.15) is 0 Å². The van der Waals surface area contributed by atoms with Gasteiger partial charge in [0.05, 0.1) is 27.0 Å². The second kappa shape index (κ2) is 7.37. The highest BCUT2D eigenvalue weighted by Crippen LogP contribution is 2.39. The van der Waals surface area contributed by atoms with Crippen molar-refractivity contribution < 1.29 is 14.2 Å². The Morgan fingerprint density at radius 1 is 1.00 bits per heavy atom. The van der Waals surface area contributed by atoms with Crippen molar-refractivity contribution in [3.8, 4) is 17.2 Å². The van der Waals surface area contributed by atoms with E-state index in [9.17, 15) is 0 Å². The van der Waals surface area contributed by atoms with E-state index < -0.39 is 0 Å². The predicted molar refractivity (Wildman–Crippen MR) is 89.3 cm³/mol. The van der Waals surface area contributed by atoms with Crippen LogP contribution in [0.15, 0.2) is 12.1 Å². The molecule has 0 radical (unpaired) electrons. The number of benzene rings is 1. The lowest BCUT2D eigenvalue weighted by Gasteiger charge is -2.16. The fourth-order valence-electron chi connectivity index (χ4n) is 2.70. The van der Waals surface area contributed by atoms with Crippen LogP contribution in [0.2, 0.25) is 0 Å². The third-order valence-corrected chi connectivity index (χ3v) is 4.06. The van der Waals surface area contributed by atoms with Gasteiger partial charge in [-0.05, 0) is 19.9 Å². The summed E-state index contributed by atoms with van der Waals surface area (Å²) < 4.78 is 18.1. The first-order valence-corrected chi connectivity index (χ1v) is 7.51. The Bertz CT molecular complexity index is 680. The minimum Gasteiger partial charge on any atom is -0.493 e. The van der Waals surface area contributed by atoms with Crippen molar-refractivity contribution >= 4 is 0 Å². The summed E-state index contributed by atoms with van der Waals surface area (Å²) in [4.78, 5) is 0. The van der Waals surface area contributed by atoms with Crippen LogP contribution in [-0.4, -0.2) is 31.1 Å². The summed E-state index contributed by atoms with van der Waals surface area (Å²) in [5.41, 5.74) is 4.47. The van der Waals surface area contributed by atoms with Crippen LogP contribution < -0.4 is 19.5 Å². The van der Waals surface area contributed by atoms with Gasteiger partial charge in [-0.25, -0.2) is 0 Å². The molecule has 2 aromatic rings. The average molecular weight is 319 g/mol. The molecule has 0 atom stereocenters. The predicted octanol–water partition coefficient (Wildman–Crippen LogP) is 2.35. The SMILES string of the molecule is COc1ccc(CNCc2c(C)nn(C)c2C)c(OC)c1OC. The molecule has 2 rings (SSSR count). The average Bonchev–Trinajstić information content (AvgIpc) is 2.79. The van der Waals surface area contributed by atoms with Gasteiger partial charge < -0.3 is 19.5 Å². The van der Waals surface area contributed by atoms with Crippen LogP contribution in [0.4, 0.5) is 0 Å². The summed E-state index contributed by atoms with van der Waals surface area (Å²) in [6, 6.07) is 3.87. The van der Waals surface area contributed by atoms with Gasteiger partial charge in [0, 0.05) is 37.0 Å². The number of hydrogen-bond donors (Lipinski definition) is 1. The van der Waals surface area contributed by atoms with Crippen molar-refractivity contribution in [3.63, 3.8) is 0 Å². The van der Waals surface area contributed by atoms with Gasteiger partial charge in [-0.1, -0.05) is 6.07 Å². The van der Waals surface area contributed by atoms with E-state index in [1.807, 2.05) is 30.8 Å². The van der Waals surface area contributed by atoms with Gasteiger partial charge in [0.15, 0.2) is 11.5 Å². The van der Waals surface area contributed by atoms with Crippen molar-refractivity contribution in [2.45, 2.75) is 26.9 Å². The van der Waals surface area contributed by atoms with E-state index >= 15 is 0 Å². The number of rotatable bonds is 7. The zero-order valence-electron chi connectivity index (χ0n) is 14.7. The second-order valence-electron chi connectivity index (χ2n) is 5.37. The normalized spacial score (nSPS) is 10.7. The van der Waals surface area contributed by atoms with Crippen LogP contribution in [-0.2, 0) is 20.1 Å². The van der Waals surface area contributed by atoms with Crippen LogP contribution in [0.3, 0.4) is 0 Å². The molecule has 0 aliphatic rings. The topological polar surface area (TPSA) is 57.5 Å². The second-order valence-corrected chi connectivity index (χ2v) is 5.37. The number of hydrogen-bond acceptors (Lipinski definition) is 5. The van der Waals surface area contributed by atoms with Crippen molar-refractivity contribution in [3.05, 3.63) is 34.6 Å². The van der Waals surface area contributed by atoms with Crippen molar-refractivity contribution in [1.29, 1.82) is 0 Å². The summed E-state index contributed by atoms with van der Waals surface area (Å²) in [5.74, 6) is 1.97. The minimum absolute atomic E-state index is 0.614. The van der Waals surface area contributed by atoms with E-state index in [1.165, 1.54) is 11.3 Å². The van der Waals surface area contributed by atoms with Crippen molar-refractivity contribution in [1.82, 2.24) is 15.1 Å². The summed E-state index contributed by atoms with van der Waals surface area (Å²) in [7, 11) is 6.82. The molecule has 0 aliphatic heterocycles. The molecule has 23 heavy (non-hydrogen) atoms. The molecule has 1 aromatic heterocycles. The molecule has 0 unspecified atom stereocenters. The standard InChI is InChI=1S/C17H25N3O3/c1-11-14(12(2)20(3)19-11)10-18-9-13-7-8-15(21-4)17(23-6)16(13)22-5/h7-8,18H,9-10H2,1-6H3. The van der Waals surface area contributed by atoms with E-state index in [4.69, 9.17) is 14.2 Å². The highest BCUT2D eigenvalue weighted by Gasteiger charge is 2.16. The summed E-state index contributed by atoms with van der Waals surface area (Å²) >= 11 is 0. The van der Waals surface area contributed by atoms with Crippen molar-refractivity contribution in [2.75, 3.05) is 21.3 Å². The maximum Gasteiger partial charge on any atom is 0.203 e. The zero-order valence-corrected chi connectivity index (χ0v) is 14.7. The molecular formula is C17H25N3O3. The van der Waals surface area contributed by atoms with E-state index in [1.54, 1.807) is 21.3 Å². The van der Waals surface area contributed by atoms with Crippen LogP contribution in [0, 0.1) is 13.8 Å². The summed E-state index contributed by atoms with van der Waals surface area (Å²) in [5, 5.41) is 7.88. The minimum atomic E-state index is 0.614. The number of methoxy groups -OCH3 is 3. The van der Waals surface area contributed by atoms with Gasteiger partial charge in [0.25, 0.3) is 0 Å². The largest absolute Gasteiger partial charge is 0.493 e. The molecule has 0 spiro atoms. The Kier molecular flexibility index (Phi) is 5.50. The summed E-state index contributed by atoms with van der Waals surface area (Å²) in [6.45, 7) is 5.52. The molecule has 0 aliphatic carbocycles. The van der Waals surface area contributed by atoms with E-state index in [0.29, 0.717) is 23.8 Å². The highest BCUT2D eigenvalue weighted by atomic mass is 16.5. The quantitative estimate of drug-likeness (QED) is 0.849. The molecule has 0 amide bonds. The number of aryl methyl sites for hydroxylation is 2. The van der Waals surface area contributed by atoms with E-state index in [-0.39, 0.29) is 0 Å². The third kappa shape index (κ3) is 3.42. The molecule has 0 saturated carbocycles. The van der Waals surface area contributed by atoms with Gasteiger partial charge in [-0.15, -0.1) is 0 Å². The fourth-order valence-corrected chi connectivity index (χ4v) is 2.70. The maximum atomic E-state index is 5.50. The lowest BCUT2D eigenvalue weighted by molar-refractivity contribution is 0.321. The number of nitrogens with zero attached hydrogens (tertiary/aromatic N) is 2. The molecule has 1 aromatic carbocycles. The van der Waals surface area contributed by atoms with Gasteiger partial charge in [0.2, 0.25) is 5.75 Å². The monoisotopic (exact) mass is 319 g/mol. The van der Waals surface area contributed by atoms with Crippen LogP contribution in [0.25, 0.3) is 0 Å². The first kappa shape index (κ1) is 17.1. The molecule has 1 N–H and O–H groups in total. The third-order valence-electron chi connectivity index (χ3n) is 4.06. The van der Waals surface area contributed by atoms with E-state index in [0.717, 1.165) is 17.8 Å². The number of aromatic nitrogens is 2. The molecule has 0 saturated heterocycles. The first-order chi connectivity index (χ1) is 11.0. The molecular weight excluding hydrogens is 294 g/mol. The molecule has 0 fully saturated rings. The fraction of sp³-hybridized carbons (Fsp3) is 0.471. The van der Waals surface area contributed by atoms with Crippen LogP contribution in [0.1, 0.15) is 22.5 Å². The zero-order chi connectivity index (χ0) is 17.0. The molecule has 1 heterocycles. The maximum absolute atomic E-state index is 5.50. The van der Waals surface area contributed by atoms with Gasteiger partial charge in [-0.2, -0.15) is 5.10 Å². The molecule has 126 valence electrons. The van der Waals surface area contributed by atoms with Crippen LogP contribution in [0.5, 0.6) is 17.2 Å². The number of nitrogens with one attached hydrogen (secondary N) is 1. The lowest BCUT2D eigenvalue weighted by Crippen LogP contribution is -2.15. The summed E-state index contributed by atoms with van der Waals surface area (Å²) in [6.07, 6.45) is 0. The van der Waals surface area contributed by atoms with Gasteiger partial charge >= 0.3 is 0 Å². The lowest BCUT2D eigenvalue weighted by atomic mass is 10.1. The van der Waals surface area contributed by atoms with Gasteiger partial charge in [-0.3, -0.25) is 4.68 Å². The molecule has 0 bridgehead atoms. The Labute approximate surface area is 137 Å². The molecule has 6 nitrogen and oxygen atoms in total. The highest BCUT2D eigenvalue weighted by molar-refractivity contribution is 5.55. The van der Waals surface area contributed by atoms with E-state index in [2.05, 4.69) is 17.3 Å². The smallest absolute Gasteiger partial charge is 0.203 e.